The van der Waals surface area contributed by atoms with Gasteiger partial charge in [-0.15, -0.1) is 0 Å². The molecule has 0 N–H and O–H groups in total. The molecule has 1 amide bonds. The minimum atomic E-state index is -3.62. The summed E-state index contributed by atoms with van der Waals surface area (Å²) in [5, 5.41) is 0. The smallest absolute Gasteiger partial charge is 0.243 e. The number of rotatable bonds is 7. The third kappa shape index (κ3) is 4.77. The van der Waals surface area contributed by atoms with Crippen molar-refractivity contribution in [2.75, 3.05) is 26.2 Å². The van der Waals surface area contributed by atoms with Crippen molar-refractivity contribution >= 4 is 15.9 Å². The maximum Gasteiger partial charge on any atom is 0.243 e. The molecule has 1 heterocycles. The molecule has 0 radical (unpaired) electrons. The van der Waals surface area contributed by atoms with Crippen molar-refractivity contribution < 1.29 is 17.6 Å². The number of piperazine rings is 1. The molecule has 1 aliphatic rings. The number of benzene rings is 1. The third-order valence-corrected chi connectivity index (χ3v) is 6.20. The molecule has 0 spiro atoms. The van der Waals surface area contributed by atoms with Crippen molar-refractivity contribution in [1.82, 2.24) is 9.21 Å². The summed E-state index contributed by atoms with van der Waals surface area (Å²) in [7, 11) is -3.62. The second kappa shape index (κ2) is 8.58. The highest BCUT2D eigenvalue weighted by molar-refractivity contribution is 7.89. The third-order valence-electron chi connectivity index (χ3n) is 4.29. The van der Waals surface area contributed by atoms with Crippen molar-refractivity contribution in [3.05, 3.63) is 30.1 Å². The van der Waals surface area contributed by atoms with Crippen molar-refractivity contribution in [2.45, 2.75) is 43.9 Å². The molecule has 1 aliphatic heterocycles. The zero-order valence-electron chi connectivity index (χ0n) is 14.1. The van der Waals surface area contributed by atoms with Crippen LogP contribution in [0.4, 0.5) is 4.39 Å². The second-order valence-corrected chi connectivity index (χ2v) is 7.99. The Bertz CT molecular complexity index is 638. The Balaban J connectivity index is 1.87. The van der Waals surface area contributed by atoms with Crippen molar-refractivity contribution in [3.8, 4) is 0 Å². The Morgan fingerprint density at radius 3 is 2.25 bits per heavy atom. The summed E-state index contributed by atoms with van der Waals surface area (Å²) >= 11 is 0. The summed E-state index contributed by atoms with van der Waals surface area (Å²) < 4.78 is 39.4. The van der Waals surface area contributed by atoms with Crippen LogP contribution in [0.5, 0.6) is 0 Å². The Kier molecular flexibility index (Phi) is 6.74. The molecular weight excluding hydrogens is 331 g/mol. The van der Waals surface area contributed by atoms with Gasteiger partial charge in [0.05, 0.1) is 4.90 Å². The van der Waals surface area contributed by atoms with Gasteiger partial charge in [-0.1, -0.05) is 26.2 Å². The van der Waals surface area contributed by atoms with E-state index in [1.807, 2.05) is 0 Å². The highest BCUT2D eigenvalue weighted by Crippen LogP contribution is 2.18. The molecule has 24 heavy (non-hydrogen) atoms. The number of sulfonamides is 1. The summed E-state index contributed by atoms with van der Waals surface area (Å²) in [5.74, 6) is -0.364. The maximum absolute atomic E-state index is 13.0. The molecule has 0 unspecified atom stereocenters. The van der Waals surface area contributed by atoms with E-state index in [0.717, 1.165) is 37.8 Å². The van der Waals surface area contributed by atoms with Crippen molar-refractivity contribution in [1.29, 1.82) is 0 Å². The molecule has 0 saturated carbocycles. The average Bonchev–Trinajstić information content (AvgIpc) is 2.59. The highest BCUT2D eigenvalue weighted by atomic mass is 32.2. The number of hydrogen-bond donors (Lipinski definition) is 0. The van der Waals surface area contributed by atoms with E-state index >= 15 is 0 Å². The minimum Gasteiger partial charge on any atom is -0.340 e. The summed E-state index contributed by atoms with van der Waals surface area (Å²) in [4.78, 5) is 14.0. The van der Waals surface area contributed by atoms with E-state index in [2.05, 4.69) is 6.92 Å². The van der Waals surface area contributed by atoms with Gasteiger partial charge in [-0.25, -0.2) is 12.8 Å². The molecule has 1 aromatic rings. The standard InChI is InChI=1S/C17H25FN2O3S/c1-2-3-4-5-6-17(21)19-11-13-20(14-12-19)24(22,23)16-9-7-15(18)8-10-16/h7-10H,2-6,11-14H2,1H3. The van der Waals surface area contributed by atoms with Crippen molar-refractivity contribution in [2.24, 2.45) is 0 Å². The van der Waals surface area contributed by atoms with Crippen LogP contribution in [-0.4, -0.2) is 49.7 Å². The van der Waals surface area contributed by atoms with E-state index in [4.69, 9.17) is 0 Å². The number of carbonyl (C=O) groups is 1. The first kappa shape index (κ1) is 18.9. The molecule has 134 valence electrons. The summed E-state index contributed by atoms with van der Waals surface area (Å²) in [6, 6.07) is 4.83. The number of nitrogens with zero attached hydrogens (tertiary/aromatic N) is 2. The predicted molar refractivity (Wildman–Crippen MR) is 90.5 cm³/mol. The van der Waals surface area contributed by atoms with Crippen molar-refractivity contribution in [3.63, 3.8) is 0 Å². The predicted octanol–water partition coefficient (Wildman–Crippen LogP) is 2.63. The largest absolute Gasteiger partial charge is 0.340 e. The average molecular weight is 356 g/mol. The van der Waals surface area contributed by atoms with Gasteiger partial charge in [0.15, 0.2) is 0 Å². The van der Waals surface area contributed by atoms with E-state index < -0.39 is 15.8 Å². The summed E-state index contributed by atoms with van der Waals surface area (Å²) in [5.41, 5.74) is 0. The van der Waals surface area contributed by atoms with Gasteiger partial charge in [0.25, 0.3) is 0 Å². The van der Waals surface area contributed by atoms with E-state index in [9.17, 15) is 17.6 Å². The lowest BCUT2D eigenvalue weighted by Crippen LogP contribution is -2.50. The topological polar surface area (TPSA) is 57.7 Å². The van der Waals surface area contributed by atoms with Gasteiger partial charge in [0.1, 0.15) is 5.82 Å². The van der Waals surface area contributed by atoms with Crippen LogP contribution in [0.2, 0.25) is 0 Å². The molecule has 0 aromatic heterocycles. The van der Waals surface area contributed by atoms with Crippen LogP contribution in [0.1, 0.15) is 39.0 Å². The lowest BCUT2D eigenvalue weighted by Gasteiger charge is -2.34. The minimum absolute atomic E-state index is 0.0863. The van der Waals surface area contributed by atoms with Gasteiger partial charge in [-0.3, -0.25) is 4.79 Å². The zero-order chi connectivity index (χ0) is 17.6. The van der Waals surface area contributed by atoms with Crippen LogP contribution in [-0.2, 0) is 14.8 Å². The number of amides is 1. The number of carbonyl (C=O) groups excluding carboxylic acids is 1. The number of unbranched alkanes of at least 4 members (excludes halogenated alkanes) is 3. The summed E-state index contributed by atoms with van der Waals surface area (Å²) in [6.45, 7) is 3.50. The van der Waals surface area contributed by atoms with Crippen LogP contribution < -0.4 is 0 Å². The molecule has 0 bridgehead atoms. The molecular formula is C17H25FN2O3S. The van der Waals surface area contributed by atoms with Crippen LogP contribution in [0, 0.1) is 5.82 Å². The Morgan fingerprint density at radius 1 is 1.04 bits per heavy atom. The molecule has 1 saturated heterocycles. The fraction of sp³-hybridized carbons (Fsp3) is 0.588. The molecule has 2 rings (SSSR count). The quantitative estimate of drug-likeness (QED) is 0.706. The van der Waals surface area contributed by atoms with Crippen LogP contribution in [0.25, 0.3) is 0 Å². The SMILES string of the molecule is CCCCCCC(=O)N1CCN(S(=O)(=O)c2ccc(F)cc2)CC1. The van der Waals surface area contributed by atoms with Crippen LogP contribution in [0.15, 0.2) is 29.2 Å². The van der Waals surface area contributed by atoms with Crippen LogP contribution >= 0.6 is 0 Å². The first-order chi connectivity index (χ1) is 11.4. The van der Waals surface area contributed by atoms with Gasteiger partial charge in [0.2, 0.25) is 15.9 Å². The van der Waals surface area contributed by atoms with E-state index in [1.165, 1.54) is 16.4 Å². The second-order valence-electron chi connectivity index (χ2n) is 6.05. The van der Waals surface area contributed by atoms with Gasteiger partial charge in [-0.05, 0) is 30.7 Å². The van der Waals surface area contributed by atoms with E-state index in [-0.39, 0.29) is 23.9 Å². The first-order valence-electron chi connectivity index (χ1n) is 8.48. The van der Waals surface area contributed by atoms with Gasteiger partial charge < -0.3 is 4.90 Å². The first-order valence-corrected chi connectivity index (χ1v) is 9.92. The molecule has 1 fully saturated rings. The maximum atomic E-state index is 13.0. The number of hydrogen-bond acceptors (Lipinski definition) is 3. The summed E-state index contributed by atoms with van der Waals surface area (Å²) in [6.07, 6.45) is 4.75. The Labute approximate surface area is 143 Å². The number of halogens is 1. The normalized spacial score (nSPS) is 16.3. The molecule has 0 atom stereocenters. The van der Waals surface area contributed by atoms with Gasteiger partial charge >= 0.3 is 0 Å². The van der Waals surface area contributed by atoms with Gasteiger partial charge in [-0.2, -0.15) is 4.31 Å². The van der Waals surface area contributed by atoms with E-state index in [1.54, 1.807) is 4.90 Å². The molecule has 5 nitrogen and oxygen atoms in total. The lowest BCUT2D eigenvalue weighted by atomic mass is 10.1. The molecule has 1 aromatic carbocycles. The zero-order valence-corrected chi connectivity index (χ0v) is 14.9. The lowest BCUT2D eigenvalue weighted by molar-refractivity contribution is -0.132. The Hall–Kier alpha value is -1.47. The molecule has 0 aliphatic carbocycles. The van der Waals surface area contributed by atoms with E-state index in [0.29, 0.717) is 19.5 Å². The van der Waals surface area contributed by atoms with Crippen LogP contribution in [0.3, 0.4) is 0 Å². The fourth-order valence-corrected chi connectivity index (χ4v) is 4.22. The molecule has 7 heteroatoms. The Morgan fingerprint density at radius 2 is 1.67 bits per heavy atom. The highest BCUT2D eigenvalue weighted by Gasteiger charge is 2.29. The fourth-order valence-electron chi connectivity index (χ4n) is 2.79. The monoisotopic (exact) mass is 356 g/mol. The van der Waals surface area contributed by atoms with Gasteiger partial charge in [0, 0.05) is 32.6 Å².